The lowest BCUT2D eigenvalue weighted by molar-refractivity contribution is -0.138. The Morgan fingerprint density at radius 2 is 2.13 bits per heavy atom. The molecular weight excluding hydrogens is 192 g/mol. The second-order valence-electron chi connectivity index (χ2n) is 4.72. The largest absolute Gasteiger partial charge is 0.423 e. The summed E-state index contributed by atoms with van der Waals surface area (Å²) < 4.78 is 4.94. The minimum Gasteiger partial charge on any atom is -0.423 e. The van der Waals surface area contributed by atoms with Crippen LogP contribution in [-0.2, 0) is 14.3 Å². The van der Waals surface area contributed by atoms with E-state index in [1.807, 2.05) is 0 Å². The number of allylic oxidation sites excluding steroid dienone is 2. The average molecular weight is 210 g/mol. The summed E-state index contributed by atoms with van der Waals surface area (Å²) in [5.74, 6) is 0.301. The molecule has 0 bridgehead atoms. The molecule has 3 nitrogen and oxygen atoms in total. The van der Waals surface area contributed by atoms with Crippen molar-refractivity contribution in [3.63, 3.8) is 0 Å². The minimum absolute atomic E-state index is 0.0499. The Labute approximate surface area is 90.5 Å². The highest BCUT2D eigenvalue weighted by Gasteiger charge is 2.38. The van der Waals surface area contributed by atoms with Gasteiger partial charge in [0.2, 0.25) is 0 Å². The predicted octanol–water partition coefficient (Wildman–Crippen LogP) is 2.46. The summed E-state index contributed by atoms with van der Waals surface area (Å²) in [6, 6.07) is 0. The van der Waals surface area contributed by atoms with Gasteiger partial charge in [0.15, 0.2) is 12.0 Å². The zero-order chi connectivity index (χ0) is 11.6. The first-order valence-electron chi connectivity index (χ1n) is 5.26. The van der Waals surface area contributed by atoms with Gasteiger partial charge in [-0.3, -0.25) is 9.59 Å². The molecule has 1 saturated carbocycles. The van der Waals surface area contributed by atoms with Crippen molar-refractivity contribution in [3.8, 4) is 0 Å². The van der Waals surface area contributed by atoms with Gasteiger partial charge in [-0.1, -0.05) is 20.8 Å². The molecule has 84 valence electrons. The van der Waals surface area contributed by atoms with Gasteiger partial charge >= 0.3 is 5.97 Å². The van der Waals surface area contributed by atoms with Crippen molar-refractivity contribution in [1.29, 1.82) is 0 Å². The van der Waals surface area contributed by atoms with Gasteiger partial charge in [0, 0.05) is 6.92 Å². The van der Waals surface area contributed by atoms with E-state index in [4.69, 9.17) is 4.74 Å². The molecule has 15 heavy (non-hydrogen) atoms. The minimum atomic E-state index is -0.431. The predicted molar refractivity (Wildman–Crippen MR) is 57.0 cm³/mol. The molecule has 1 atom stereocenters. The molecule has 0 spiro atoms. The Balaban J connectivity index is 3.06. The standard InChI is InChI=1S/C12H18O3/c1-8-5-6-10(12(8,3)4)11(7-13)15-9(2)14/h7-8H,5-6H2,1-4H3/t8-/m1/s1. The maximum atomic E-state index is 10.9. The van der Waals surface area contributed by atoms with Gasteiger partial charge in [-0.2, -0.15) is 0 Å². The molecule has 0 aromatic heterocycles. The lowest BCUT2D eigenvalue weighted by atomic mass is 9.79. The normalized spacial score (nSPS) is 27.3. The lowest BCUT2D eigenvalue weighted by Crippen LogP contribution is -2.19. The molecule has 0 N–H and O–H groups in total. The summed E-state index contributed by atoms with van der Waals surface area (Å²) in [5.41, 5.74) is 0.923. The third kappa shape index (κ3) is 2.28. The van der Waals surface area contributed by atoms with Crippen LogP contribution in [0.15, 0.2) is 11.3 Å². The second-order valence-corrected chi connectivity index (χ2v) is 4.72. The van der Waals surface area contributed by atoms with Crippen LogP contribution in [0.5, 0.6) is 0 Å². The highest BCUT2D eigenvalue weighted by atomic mass is 16.5. The van der Waals surface area contributed by atoms with Crippen LogP contribution >= 0.6 is 0 Å². The van der Waals surface area contributed by atoms with Crippen molar-refractivity contribution in [2.45, 2.75) is 40.5 Å². The molecule has 1 rings (SSSR count). The fraction of sp³-hybridized carbons (Fsp3) is 0.667. The SMILES string of the molecule is CC(=O)OC(C=O)=C1CC[C@@H](C)C1(C)C. The van der Waals surface area contributed by atoms with Gasteiger partial charge in [0.05, 0.1) is 0 Å². The maximum absolute atomic E-state index is 10.9. The highest BCUT2D eigenvalue weighted by Crippen LogP contribution is 2.47. The lowest BCUT2D eigenvalue weighted by Gasteiger charge is -2.26. The van der Waals surface area contributed by atoms with E-state index >= 15 is 0 Å². The summed E-state index contributed by atoms with van der Waals surface area (Å²) in [7, 11) is 0. The van der Waals surface area contributed by atoms with Gasteiger partial charge in [0.25, 0.3) is 0 Å². The highest BCUT2D eigenvalue weighted by molar-refractivity contribution is 5.79. The first-order chi connectivity index (χ1) is 6.89. The monoisotopic (exact) mass is 210 g/mol. The molecule has 0 saturated heterocycles. The van der Waals surface area contributed by atoms with E-state index in [9.17, 15) is 9.59 Å². The molecule has 0 heterocycles. The van der Waals surface area contributed by atoms with E-state index in [-0.39, 0.29) is 11.2 Å². The fourth-order valence-corrected chi connectivity index (χ4v) is 2.09. The Hall–Kier alpha value is -1.12. The summed E-state index contributed by atoms with van der Waals surface area (Å²) in [4.78, 5) is 21.7. The Bertz CT molecular complexity index is 313. The number of carbonyl (C=O) groups excluding carboxylic acids is 2. The molecule has 0 amide bonds. The number of hydrogen-bond donors (Lipinski definition) is 0. The number of carbonyl (C=O) groups is 2. The molecule has 0 aromatic carbocycles. The van der Waals surface area contributed by atoms with Crippen molar-refractivity contribution in [2.24, 2.45) is 11.3 Å². The van der Waals surface area contributed by atoms with Crippen molar-refractivity contribution in [1.82, 2.24) is 0 Å². The molecule has 0 radical (unpaired) electrons. The van der Waals surface area contributed by atoms with Gasteiger partial charge in [0.1, 0.15) is 0 Å². The molecule has 1 fully saturated rings. The van der Waals surface area contributed by atoms with E-state index in [2.05, 4.69) is 20.8 Å². The van der Waals surface area contributed by atoms with E-state index in [0.29, 0.717) is 12.2 Å². The number of hydrogen-bond acceptors (Lipinski definition) is 3. The summed E-state index contributed by atoms with van der Waals surface area (Å²) in [6.45, 7) is 7.65. The van der Waals surface area contributed by atoms with Crippen LogP contribution in [0.2, 0.25) is 0 Å². The molecule has 0 aliphatic heterocycles. The van der Waals surface area contributed by atoms with Crippen LogP contribution in [0, 0.1) is 11.3 Å². The summed E-state index contributed by atoms with van der Waals surface area (Å²) in [5, 5.41) is 0. The van der Waals surface area contributed by atoms with Gasteiger partial charge in [-0.15, -0.1) is 0 Å². The van der Waals surface area contributed by atoms with Crippen molar-refractivity contribution >= 4 is 12.3 Å². The fourth-order valence-electron chi connectivity index (χ4n) is 2.09. The molecule has 0 unspecified atom stereocenters. The first-order valence-corrected chi connectivity index (χ1v) is 5.26. The molecular formula is C12H18O3. The van der Waals surface area contributed by atoms with Gasteiger partial charge in [-0.05, 0) is 29.7 Å². The number of ether oxygens (including phenoxy) is 1. The van der Waals surface area contributed by atoms with E-state index in [0.717, 1.165) is 18.4 Å². The van der Waals surface area contributed by atoms with Crippen LogP contribution in [0.4, 0.5) is 0 Å². The number of rotatable bonds is 2. The van der Waals surface area contributed by atoms with E-state index in [1.54, 1.807) is 0 Å². The third-order valence-corrected chi connectivity index (χ3v) is 3.50. The molecule has 0 aromatic rings. The zero-order valence-corrected chi connectivity index (χ0v) is 9.79. The summed E-state index contributed by atoms with van der Waals surface area (Å²) in [6.07, 6.45) is 2.53. The maximum Gasteiger partial charge on any atom is 0.308 e. The smallest absolute Gasteiger partial charge is 0.308 e. The zero-order valence-electron chi connectivity index (χ0n) is 9.79. The van der Waals surface area contributed by atoms with Crippen molar-refractivity contribution in [3.05, 3.63) is 11.3 Å². The van der Waals surface area contributed by atoms with Crippen molar-refractivity contribution < 1.29 is 14.3 Å². The Kier molecular flexibility index (Phi) is 3.32. The second kappa shape index (κ2) is 4.17. The quantitative estimate of drug-likeness (QED) is 0.304. The van der Waals surface area contributed by atoms with Crippen LogP contribution in [0.3, 0.4) is 0 Å². The van der Waals surface area contributed by atoms with Gasteiger partial charge in [-0.25, -0.2) is 0 Å². The van der Waals surface area contributed by atoms with Crippen LogP contribution < -0.4 is 0 Å². The molecule has 3 heteroatoms. The number of aldehydes is 1. The van der Waals surface area contributed by atoms with Crippen LogP contribution in [0.1, 0.15) is 40.5 Å². The molecule has 1 aliphatic rings. The third-order valence-electron chi connectivity index (χ3n) is 3.50. The molecule has 1 aliphatic carbocycles. The van der Waals surface area contributed by atoms with E-state index < -0.39 is 5.97 Å². The Morgan fingerprint density at radius 1 is 1.53 bits per heavy atom. The van der Waals surface area contributed by atoms with Crippen LogP contribution in [0.25, 0.3) is 0 Å². The average Bonchev–Trinajstić information content (AvgIpc) is 2.38. The van der Waals surface area contributed by atoms with Crippen molar-refractivity contribution in [2.75, 3.05) is 0 Å². The summed E-state index contributed by atoms with van der Waals surface area (Å²) >= 11 is 0. The van der Waals surface area contributed by atoms with E-state index in [1.165, 1.54) is 6.92 Å². The number of esters is 1. The Morgan fingerprint density at radius 3 is 2.47 bits per heavy atom. The van der Waals surface area contributed by atoms with Gasteiger partial charge < -0.3 is 4.74 Å². The first kappa shape index (κ1) is 12.0. The van der Waals surface area contributed by atoms with Crippen LogP contribution in [-0.4, -0.2) is 12.3 Å². The topological polar surface area (TPSA) is 43.4 Å².